The van der Waals surface area contributed by atoms with Crippen LogP contribution in [0, 0.1) is 11.8 Å². The van der Waals surface area contributed by atoms with E-state index in [-0.39, 0.29) is 5.92 Å². The third-order valence-electron chi connectivity index (χ3n) is 2.91. The fraction of sp³-hybridized carbons (Fsp3) is 0.900. The van der Waals surface area contributed by atoms with Crippen molar-refractivity contribution in [3.05, 3.63) is 0 Å². The van der Waals surface area contributed by atoms with Crippen molar-refractivity contribution in [2.24, 2.45) is 11.8 Å². The van der Waals surface area contributed by atoms with Crippen molar-refractivity contribution in [1.82, 2.24) is 0 Å². The van der Waals surface area contributed by atoms with Crippen molar-refractivity contribution in [1.29, 1.82) is 0 Å². The van der Waals surface area contributed by atoms with Crippen LogP contribution in [0.4, 0.5) is 0 Å². The lowest BCUT2D eigenvalue weighted by Gasteiger charge is -2.29. The SMILES string of the molecule is COC(=O)C(O)C(C)CC1CCC1. The summed E-state index contributed by atoms with van der Waals surface area (Å²) in [6, 6.07) is 0. The third kappa shape index (κ3) is 2.69. The van der Waals surface area contributed by atoms with Crippen molar-refractivity contribution in [2.75, 3.05) is 7.11 Å². The average Bonchev–Trinajstić information content (AvgIpc) is 2.08. The van der Waals surface area contributed by atoms with Gasteiger partial charge in [0, 0.05) is 0 Å². The summed E-state index contributed by atoms with van der Waals surface area (Å²) in [5.41, 5.74) is 0. The molecular weight excluding hydrogens is 168 g/mol. The van der Waals surface area contributed by atoms with Gasteiger partial charge in [-0.05, 0) is 18.3 Å². The minimum atomic E-state index is -0.939. The van der Waals surface area contributed by atoms with Crippen LogP contribution in [0.2, 0.25) is 0 Å². The van der Waals surface area contributed by atoms with Gasteiger partial charge in [-0.2, -0.15) is 0 Å². The zero-order valence-electron chi connectivity index (χ0n) is 8.32. The minimum Gasteiger partial charge on any atom is -0.467 e. The lowest BCUT2D eigenvalue weighted by molar-refractivity contribution is -0.153. The Labute approximate surface area is 79.1 Å². The molecule has 1 aliphatic carbocycles. The van der Waals surface area contributed by atoms with E-state index in [4.69, 9.17) is 0 Å². The molecule has 1 fully saturated rings. The smallest absolute Gasteiger partial charge is 0.334 e. The highest BCUT2D eigenvalue weighted by molar-refractivity contribution is 5.74. The number of hydrogen-bond donors (Lipinski definition) is 1. The summed E-state index contributed by atoms with van der Waals surface area (Å²) in [4.78, 5) is 11.0. The first-order valence-electron chi connectivity index (χ1n) is 4.91. The van der Waals surface area contributed by atoms with Crippen molar-refractivity contribution in [2.45, 2.75) is 38.7 Å². The zero-order valence-corrected chi connectivity index (χ0v) is 8.32. The number of esters is 1. The van der Waals surface area contributed by atoms with Crippen molar-refractivity contribution in [3.63, 3.8) is 0 Å². The fourth-order valence-electron chi connectivity index (χ4n) is 1.74. The summed E-state index contributed by atoms with van der Waals surface area (Å²) in [5.74, 6) is 0.235. The number of aliphatic hydroxyl groups is 1. The van der Waals surface area contributed by atoms with Crippen LogP contribution in [-0.2, 0) is 9.53 Å². The summed E-state index contributed by atoms with van der Waals surface area (Å²) in [7, 11) is 1.31. The lowest BCUT2D eigenvalue weighted by Crippen LogP contribution is -2.31. The zero-order chi connectivity index (χ0) is 9.84. The quantitative estimate of drug-likeness (QED) is 0.674. The first-order chi connectivity index (χ1) is 6.15. The molecule has 0 amide bonds. The van der Waals surface area contributed by atoms with Crippen LogP contribution < -0.4 is 0 Å². The van der Waals surface area contributed by atoms with Crippen LogP contribution in [-0.4, -0.2) is 24.3 Å². The van der Waals surface area contributed by atoms with E-state index < -0.39 is 12.1 Å². The van der Waals surface area contributed by atoms with E-state index in [1.165, 1.54) is 26.4 Å². The highest BCUT2D eigenvalue weighted by atomic mass is 16.5. The summed E-state index contributed by atoms with van der Waals surface area (Å²) in [5, 5.41) is 9.48. The van der Waals surface area contributed by atoms with Gasteiger partial charge in [-0.3, -0.25) is 0 Å². The lowest BCUT2D eigenvalue weighted by atomic mass is 9.78. The monoisotopic (exact) mass is 186 g/mol. The number of carbonyl (C=O) groups excluding carboxylic acids is 1. The fourth-order valence-corrected chi connectivity index (χ4v) is 1.74. The summed E-state index contributed by atoms with van der Waals surface area (Å²) < 4.78 is 4.48. The second-order valence-corrected chi connectivity index (χ2v) is 3.98. The van der Waals surface area contributed by atoms with Gasteiger partial charge in [0.1, 0.15) is 0 Å². The number of carbonyl (C=O) groups is 1. The molecule has 0 bridgehead atoms. The first-order valence-corrected chi connectivity index (χ1v) is 4.91. The molecule has 0 aromatic heterocycles. The molecule has 0 heterocycles. The van der Waals surface area contributed by atoms with Gasteiger partial charge in [-0.25, -0.2) is 4.79 Å². The topological polar surface area (TPSA) is 46.5 Å². The van der Waals surface area contributed by atoms with Gasteiger partial charge in [0.2, 0.25) is 0 Å². The highest BCUT2D eigenvalue weighted by Gasteiger charge is 2.27. The molecule has 0 radical (unpaired) electrons. The molecule has 0 saturated heterocycles. The predicted octanol–water partition coefficient (Wildman–Crippen LogP) is 1.35. The molecule has 76 valence electrons. The molecule has 1 N–H and O–H groups in total. The van der Waals surface area contributed by atoms with Crippen LogP contribution in [0.3, 0.4) is 0 Å². The molecule has 1 rings (SSSR count). The van der Waals surface area contributed by atoms with Crippen LogP contribution in [0.15, 0.2) is 0 Å². The third-order valence-corrected chi connectivity index (χ3v) is 2.91. The second-order valence-electron chi connectivity index (χ2n) is 3.98. The summed E-state index contributed by atoms with van der Waals surface area (Å²) >= 11 is 0. The number of methoxy groups -OCH3 is 1. The second kappa shape index (κ2) is 4.61. The Kier molecular flexibility index (Phi) is 3.72. The molecule has 2 atom stereocenters. The van der Waals surface area contributed by atoms with E-state index in [0.717, 1.165) is 6.42 Å². The Morgan fingerprint density at radius 1 is 1.62 bits per heavy atom. The molecule has 2 unspecified atom stereocenters. The molecule has 0 aromatic rings. The molecule has 1 aliphatic rings. The van der Waals surface area contributed by atoms with Gasteiger partial charge in [0.05, 0.1) is 7.11 Å². The molecular formula is C10H18O3. The van der Waals surface area contributed by atoms with E-state index >= 15 is 0 Å². The maximum Gasteiger partial charge on any atom is 0.334 e. The van der Waals surface area contributed by atoms with Gasteiger partial charge in [0.25, 0.3) is 0 Å². The summed E-state index contributed by atoms with van der Waals surface area (Å²) in [6.07, 6.45) is 3.80. The van der Waals surface area contributed by atoms with Gasteiger partial charge in [0.15, 0.2) is 6.10 Å². The standard InChI is InChI=1S/C10H18O3/c1-7(6-8-4-3-5-8)9(11)10(12)13-2/h7-9,11H,3-6H2,1-2H3. The van der Waals surface area contributed by atoms with Gasteiger partial charge in [-0.1, -0.05) is 26.2 Å². The number of aliphatic hydroxyl groups excluding tert-OH is 1. The van der Waals surface area contributed by atoms with Crippen LogP contribution in [0.1, 0.15) is 32.6 Å². The highest BCUT2D eigenvalue weighted by Crippen LogP contribution is 2.33. The molecule has 1 saturated carbocycles. The van der Waals surface area contributed by atoms with E-state index in [1.54, 1.807) is 0 Å². The Hall–Kier alpha value is -0.570. The number of ether oxygens (including phenoxy) is 1. The number of rotatable bonds is 4. The Morgan fingerprint density at radius 2 is 2.23 bits per heavy atom. The van der Waals surface area contributed by atoms with Gasteiger partial charge >= 0.3 is 5.97 Å². The maximum atomic E-state index is 11.0. The van der Waals surface area contributed by atoms with Crippen molar-refractivity contribution >= 4 is 5.97 Å². The Morgan fingerprint density at radius 3 is 2.62 bits per heavy atom. The predicted molar refractivity (Wildman–Crippen MR) is 49.1 cm³/mol. The van der Waals surface area contributed by atoms with Crippen LogP contribution in [0.5, 0.6) is 0 Å². The molecule has 3 heteroatoms. The molecule has 13 heavy (non-hydrogen) atoms. The maximum absolute atomic E-state index is 11.0. The number of hydrogen-bond acceptors (Lipinski definition) is 3. The molecule has 0 aliphatic heterocycles. The van der Waals surface area contributed by atoms with Crippen LogP contribution >= 0.6 is 0 Å². The van der Waals surface area contributed by atoms with Crippen LogP contribution in [0.25, 0.3) is 0 Å². The minimum absolute atomic E-state index is 0.0257. The van der Waals surface area contributed by atoms with E-state index in [0.29, 0.717) is 5.92 Å². The average molecular weight is 186 g/mol. The van der Waals surface area contributed by atoms with E-state index in [2.05, 4.69) is 4.74 Å². The van der Waals surface area contributed by atoms with Crippen molar-refractivity contribution in [3.8, 4) is 0 Å². The van der Waals surface area contributed by atoms with E-state index in [9.17, 15) is 9.90 Å². The molecule has 0 spiro atoms. The molecule has 3 nitrogen and oxygen atoms in total. The Bertz CT molecular complexity index is 175. The van der Waals surface area contributed by atoms with Gasteiger partial charge < -0.3 is 9.84 Å². The molecule has 0 aromatic carbocycles. The largest absolute Gasteiger partial charge is 0.467 e. The van der Waals surface area contributed by atoms with E-state index in [1.807, 2.05) is 6.92 Å². The normalized spacial score (nSPS) is 21.8. The van der Waals surface area contributed by atoms with Crippen molar-refractivity contribution < 1.29 is 14.6 Å². The first kappa shape index (κ1) is 10.5. The summed E-state index contributed by atoms with van der Waals surface area (Å²) in [6.45, 7) is 1.90. The Balaban J connectivity index is 2.27. The van der Waals surface area contributed by atoms with Gasteiger partial charge in [-0.15, -0.1) is 0 Å².